The van der Waals surface area contributed by atoms with Gasteiger partial charge in [-0.3, -0.25) is 0 Å². The molecule has 1 saturated carbocycles. The summed E-state index contributed by atoms with van der Waals surface area (Å²) in [4.78, 5) is 4.92. The first-order valence-electron chi connectivity index (χ1n) is 8.08. The lowest BCUT2D eigenvalue weighted by atomic mass is 9.85. The van der Waals surface area contributed by atoms with Crippen molar-refractivity contribution in [2.75, 3.05) is 0 Å². The van der Waals surface area contributed by atoms with Crippen LogP contribution >= 0.6 is 0 Å². The highest BCUT2D eigenvalue weighted by Gasteiger charge is 2.37. The van der Waals surface area contributed by atoms with Gasteiger partial charge in [0.1, 0.15) is 5.82 Å². The molecule has 3 heteroatoms. The van der Waals surface area contributed by atoms with Crippen molar-refractivity contribution in [3.05, 3.63) is 30.1 Å². The Balaban J connectivity index is 1.71. The third-order valence-electron chi connectivity index (χ3n) is 5.17. The van der Waals surface area contributed by atoms with Gasteiger partial charge in [-0.2, -0.15) is 0 Å². The van der Waals surface area contributed by atoms with E-state index in [0.29, 0.717) is 6.04 Å². The van der Waals surface area contributed by atoms with Crippen LogP contribution in [0, 0.1) is 5.92 Å². The van der Waals surface area contributed by atoms with Crippen LogP contribution < -0.4 is 5.32 Å². The molecule has 3 unspecified atom stereocenters. The Labute approximate surface area is 120 Å². The molecule has 1 aliphatic carbocycles. The fraction of sp³-hybridized carbons (Fsp3) is 0.588. The minimum atomic E-state index is 0.454. The number of hydrogen-bond donors (Lipinski definition) is 1. The minimum absolute atomic E-state index is 0.454. The highest BCUT2D eigenvalue weighted by Crippen LogP contribution is 2.39. The molecule has 1 aliphatic heterocycles. The second kappa shape index (κ2) is 4.88. The Morgan fingerprint density at radius 2 is 2.10 bits per heavy atom. The predicted molar refractivity (Wildman–Crippen MR) is 81.6 cm³/mol. The molecule has 2 fully saturated rings. The smallest absolute Gasteiger partial charge is 0.127 e. The van der Waals surface area contributed by atoms with E-state index >= 15 is 0 Å². The van der Waals surface area contributed by atoms with Gasteiger partial charge < -0.3 is 9.88 Å². The maximum Gasteiger partial charge on any atom is 0.127 e. The average Bonchev–Trinajstić information content (AvgIpc) is 3.07. The molecule has 4 rings (SSSR count). The van der Waals surface area contributed by atoms with Crippen molar-refractivity contribution in [1.82, 2.24) is 14.9 Å². The number of hydrogen-bond acceptors (Lipinski definition) is 2. The number of rotatable bonds is 2. The molecule has 1 aromatic heterocycles. The van der Waals surface area contributed by atoms with Gasteiger partial charge >= 0.3 is 0 Å². The van der Waals surface area contributed by atoms with Crippen LogP contribution in [0.15, 0.2) is 24.3 Å². The third kappa shape index (κ3) is 1.87. The monoisotopic (exact) mass is 269 g/mol. The van der Waals surface area contributed by atoms with E-state index in [2.05, 4.69) is 41.1 Å². The topological polar surface area (TPSA) is 29.9 Å². The number of aromatic nitrogens is 2. The summed E-state index contributed by atoms with van der Waals surface area (Å²) in [6.45, 7) is 3.23. The summed E-state index contributed by atoms with van der Waals surface area (Å²) in [6, 6.07) is 9.71. The van der Waals surface area contributed by atoms with Crippen LogP contribution in [0.2, 0.25) is 0 Å². The molecule has 106 valence electrons. The standard InChI is InChI=1S/C17H23N3/c1-2-20-16-10-6-5-9-14(16)19-17(20)15-11-12-7-3-4-8-13(12)18-15/h5-6,9-10,12-13,15,18H,2-4,7-8,11H2,1H3. The summed E-state index contributed by atoms with van der Waals surface area (Å²) < 4.78 is 2.39. The van der Waals surface area contributed by atoms with Gasteiger partial charge in [-0.15, -0.1) is 0 Å². The van der Waals surface area contributed by atoms with Crippen molar-refractivity contribution >= 4 is 11.0 Å². The molecule has 0 radical (unpaired) electrons. The number of benzene rings is 1. The van der Waals surface area contributed by atoms with Crippen LogP contribution in [0.4, 0.5) is 0 Å². The predicted octanol–water partition coefficient (Wildman–Crippen LogP) is 3.65. The van der Waals surface area contributed by atoms with Crippen molar-refractivity contribution in [1.29, 1.82) is 0 Å². The molecule has 20 heavy (non-hydrogen) atoms. The van der Waals surface area contributed by atoms with Crippen molar-refractivity contribution in [2.45, 2.75) is 57.7 Å². The zero-order chi connectivity index (χ0) is 13.5. The molecule has 0 spiro atoms. The van der Waals surface area contributed by atoms with Gasteiger partial charge in [-0.25, -0.2) is 4.98 Å². The number of imidazole rings is 1. The largest absolute Gasteiger partial charge is 0.327 e. The van der Waals surface area contributed by atoms with E-state index in [0.717, 1.165) is 24.0 Å². The fourth-order valence-corrected chi connectivity index (χ4v) is 4.21. The molecule has 1 N–H and O–H groups in total. The Morgan fingerprint density at radius 1 is 1.25 bits per heavy atom. The summed E-state index contributed by atoms with van der Waals surface area (Å²) >= 11 is 0. The summed E-state index contributed by atoms with van der Waals surface area (Å²) in [5, 5.41) is 3.86. The lowest BCUT2D eigenvalue weighted by molar-refractivity contribution is 0.325. The SMILES string of the molecule is CCn1c(C2CC3CCCCC3N2)nc2ccccc21. The van der Waals surface area contributed by atoms with Gasteiger partial charge in [0.25, 0.3) is 0 Å². The minimum Gasteiger partial charge on any atom is -0.327 e. The molecule has 1 aromatic carbocycles. The van der Waals surface area contributed by atoms with Gasteiger partial charge in [0.05, 0.1) is 17.1 Å². The van der Waals surface area contributed by atoms with E-state index in [1.165, 1.54) is 43.4 Å². The Kier molecular flexibility index (Phi) is 3.03. The van der Waals surface area contributed by atoms with Gasteiger partial charge in [-0.1, -0.05) is 25.0 Å². The molecule has 2 heterocycles. The third-order valence-corrected chi connectivity index (χ3v) is 5.17. The van der Waals surface area contributed by atoms with E-state index in [1.54, 1.807) is 0 Å². The molecule has 2 aromatic rings. The normalized spacial score (nSPS) is 29.8. The van der Waals surface area contributed by atoms with E-state index in [9.17, 15) is 0 Å². The number of nitrogens with one attached hydrogen (secondary N) is 1. The van der Waals surface area contributed by atoms with E-state index < -0.39 is 0 Å². The van der Waals surface area contributed by atoms with Crippen LogP contribution in [0.1, 0.15) is 50.9 Å². The summed E-state index contributed by atoms with van der Waals surface area (Å²) in [7, 11) is 0. The zero-order valence-corrected chi connectivity index (χ0v) is 12.2. The second-order valence-corrected chi connectivity index (χ2v) is 6.31. The first kappa shape index (κ1) is 12.4. The number of aryl methyl sites for hydroxylation is 1. The highest BCUT2D eigenvalue weighted by molar-refractivity contribution is 5.76. The molecule has 1 saturated heterocycles. The summed E-state index contributed by atoms with van der Waals surface area (Å²) in [5.74, 6) is 2.13. The first-order chi connectivity index (χ1) is 9.86. The van der Waals surface area contributed by atoms with Gasteiger partial charge in [-0.05, 0) is 44.2 Å². The van der Waals surface area contributed by atoms with Crippen LogP contribution in [-0.2, 0) is 6.54 Å². The van der Waals surface area contributed by atoms with Gasteiger partial charge in [0.15, 0.2) is 0 Å². The second-order valence-electron chi connectivity index (χ2n) is 6.31. The van der Waals surface area contributed by atoms with E-state index in [-0.39, 0.29) is 0 Å². The number of para-hydroxylation sites is 2. The lowest BCUT2D eigenvalue weighted by Crippen LogP contribution is -2.31. The fourth-order valence-electron chi connectivity index (χ4n) is 4.21. The molecule has 3 nitrogen and oxygen atoms in total. The van der Waals surface area contributed by atoms with Gasteiger partial charge in [0, 0.05) is 12.6 Å². The summed E-state index contributed by atoms with van der Waals surface area (Å²) in [5.41, 5.74) is 2.42. The van der Waals surface area contributed by atoms with Crippen molar-refractivity contribution in [2.24, 2.45) is 5.92 Å². The van der Waals surface area contributed by atoms with Crippen LogP contribution in [0.3, 0.4) is 0 Å². The Bertz CT molecular complexity index is 602. The van der Waals surface area contributed by atoms with E-state index in [4.69, 9.17) is 4.98 Å². The zero-order valence-electron chi connectivity index (χ0n) is 12.2. The highest BCUT2D eigenvalue weighted by atomic mass is 15.1. The maximum atomic E-state index is 4.92. The van der Waals surface area contributed by atoms with Crippen molar-refractivity contribution in [3.8, 4) is 0 Å². The maximum absolute atomic E-state index is 4.92. The van der Waals surface area contributed by atoms with Crippen LogP contribution in [-0.4, -0.2) is 15.6 Å². The summed E-state index contributed by atoms with van der Waals surface area (Å²) in [6.07, 6.45) is 6.84. The molecular weight excluding hydrogens is 246 g/mol. The molecule has 3 atom stereocenters. The lowest BCUT2D eigenvalue weighted by Gasteiger charge is -2.24. The number of fused-ring (bicyclic) bond motifs is 2. The average molecular weight is 269 g/mol. The molecule has 0 bridgehead atoms. The molecule has 2 aliphatic rings. The van der Waals surface area contributed by atoms with Crippen LogP contribution in [0.5, 0.6) is 0 Å². The Morgan fingerprint density at radius 3 is 2.95 bits per heavy atom. The molecular formula is C17H23N3. The van der Waals surface area contributed by atoms with Crippen molar-refractivity contribution < 1.29 is 0 Å². The van der Waals surface area contributed by atoms with Gasteiger partial charge in [0.2, 0.25) is 0 Å². The quantitative estimate of drug-likeness (QED) is 0.902. The van der Waals surface area contributed by atoms with Crippen molar-refractivity contribution in [3.63, 3.8) is 0 Å². The van der Waals surface area contributed by atoms with Crippen LogP contribution in [0.25, 0.3) is 11.0 Å². The van der Waals surface area contributed by atoms with E-state index in [1.807, 2.05) is 0 Å². The molecule has 0 amide bonds. The Hall–Kier alpha value is -1.35. The first-order valence-corrected chi connectivity index (χ1v) is 8.08. The number of nitrogens with zero attached hydrogens (tertiary/aromatic N) is 2.